The molecule has 0 fully saturated rings. The highest BCUT2D eigenvalue weighted by Gasteiger charge is 2.09. The Bertz CT molecular complexity index is 973. The maximum Gasteiger partial charge on any atom is 0.319 e. The van der Waals surface area contributed by atoms with Gasteiger partial charge in [-0.15, -0.1) is 0 Å². The summed E-state index contributed by atoms with van der Waals surface area (Å²) < 4.78 is 15.1. The van der Waals surface area contributed by atoms with Crippen LogP contribution in [-0.2, 0) is 6.54 Å². The highest BCUT2D eigenvalue weighted by molar-refractivity contribution is 5.90. The number of aromatic nitrogens is 2. The molecule has 2 N–H and O–H groups in total. The van der Waals surface area contributed by atoms with Crippen molar-refractivity contribution in [3.05, 3.63) is 59.7 Å². The van der Waals surface area contributed by atoms with Crippen LogP contribution in [0.3, 0.4) is 0 Å². The van der Waals surface area contributed by atoms with Crippen LogP contribution in [0.4, 0.5) is 14.9 Å². The molecular weight excluding hydrogens is 321 g/mol. The predicted molar refractivity (Wildman–Crippen MR) is 92.6 cm³/mol. The maximum absolute atomic E-state index is 13.1. The second-order valence-corrected chi connectivity index (χ2v) is 5.48. The van der Waals surface area contributed by atoms with E-state index in [0.717, 1.165) is 22.9 Å². The number of halogens is 1. The fraction of sp³-hybridized carbons (Fsp3) is 0.167. The lowest BCUT2D eigenvalue weighted by Gasteiger charge is -2.10. The van der Waals surface area contributed by atoms with Gasteiger partial charge in [-0.25, -0.2) is 14.2 Å². The van der Waals surface area contributed by atoms with Gasteiger partial charge in [0.25, 0.3) is 0 Å². The number of fused-ring (bicyclic) bond motifs is 1. The number of carbonyl (C=O) groups excluding carboxylic acids is 1. The van der Waals surface area contributed by atoms with Gasteiger partial charge in [0.15, 0.2) is 0 Å². The van der Waals surface area contributed by atoms with E-state index in [0.29, 0.717) is 13.1 Å². The number of hydrogen-bond acceptors (Lipinski definition) is 3. The molecule has 1 heterocycles. The van der Waals surface area contributed by atoms with Crippen LogP contribution in [0.1, 0.15) is 11.4 Å². The van der Waals surface area contributed by atoms with Gasteiger partial charge >= 0.3 is 6.03 Å². The number of benzene rings is 2. The molecule has 3 aromatic rings. The molecule has 7 heteroatoms. The van der Waals surface area contributed by atoms with E-state index in [1.807, 2.05) is 41.8 Å². The molecule has 6 nitrogen and oxygen atoms in total. The maximum atomic E-state index is 13.1. The summed E-state index contributed by atoms with van der Waals surface area (Å²) in [7, 11) is 0. The lowest BCUT2D eigenvalue weighted by atomic mass is 10.2. The van der Waals surface area contributed by atoms with Crippen LogP contribution in [0.15, 0.2) is 42.5 Å². The van der Waals surface area contributed by atoms with Crippen molar-refractivity contribution in [2.45, 2.75) is 13.5 Å². The molecule has 0 spiro atoms. The third kappa shape index (κ3) is 3.58. The molecule has 0 unspecified atom stereocenters. The zero-order valence-electron chi connectivity index (χ0n) is 13.6. The number of nitrogens with zero attached hydrogens (tertiary/aromatic N) is 3. The molecule has 25 heavy (non-hydrogen) atoms. The molecule has 0 saturated heterocycles. The van der Waals surface area contributed by atoms with Crippen LogP contribution in [0, 0.1) is 24.1 Å². The van der Waals surface area contributed by atoms with Crippen molar-refractivity contribution in [3.8, 4) is 6.07 Å². The van der Waals surface area contributed by atoms with Gasteiger partial charge in [-0.2, -0.15) is 5.26 Å². The molecule has 0 aliphatic heterocycles. The number of nitrogens with one attached hydrogen (secondary N) is 2. The fourth-order valence-corrected chi connectivity index (χ4v) is 2.64. The molecule has 2 aromatic carbocycles. The molecule has 126 valence electrons. The first-order valence-electron chi connectivity index (χ1n) is 7.75. The molecule has 0 saturated carbocycles. The van der Waals surface area contributed by atoms with Gasteiger partial charge < -0.3 is 15.2 Å². The monoisotopic (exact) mass is 337 g/mol. The van der Waals surface area contributed by atoms with Crippen LogP contribution in [0.2, 0.25) is 0 Å². The average Bonchev–Trinajstić information content (AvgIpc) is 2.92. The highest BCUT2D eigenvalue weighted by Crippen LogP contribution is 2.16. The summed E-state index contributed by atoms with van der Waals surface area (Å²) in [5, 5.41) is 14.3. The normalized spacial score (nSPS) is 10.4. The van der Waals surface area contributed by atoms with Crippen molar-refractivity contribution in [3.63, 3.8) is 0 Å². The third-order valence-corrected chi connectivity index (χ3v) is 3.82. The second kappa shape index (κ2) is 7.01. The van der Waals surface area contributed by atoms with E-state index in [1.165, 1.54) is 12.1 Å². The summed E-state index contributed by atoms with van der Waals surface area (Å²) in [5.74, 6) is 0.346. The van der Waals surface area contributed by atoms with E-state index in [2.05, 4.69) is 15.6 Å². The van der Waals surface area contributed by atoms with Gasteiger partial charge in [-0.1, -0.05) is 12.1 Å². The van der Waals surface area contributed by atoms with E-state index in [4.69, 9.17) is 5.26 Å². The largest absolute Gasteiger partial charge is 0.336 e. The molecule has 3 rings (SSSR count). The van der Waals surface area contributed by atoms with E-state index in [1.54, 1.807) is 0 Å². The minimum absolute atomic E-state index is 0.0756. The highest BCUT2D eigenvalue weighted by atomic mass is 19.1. The minimum Gasteiger partial charge on any atom is -0.336 e. The Labute approximate surface area is 143 Å². The number of anilines is 1. The third-order valence-electron chi connectivity index (χ3n) is 3.82. The van der Waals surface area contributed by atoms with E-state index in [9.17, 15) is 9.18 Å². The van der Waals surface area contributed by atoms with E-state index < -0.39 is 11.8 Å². The van der Waals surface area contributed by atoms with Gasteiger partial charge in [0.05, 0.1) is 22.3 Å². The average molecular weight is 337 g/mol. The number of para-hydroxylation sites is 2. The Hall–Kier alpha value is -3.40. The molecule has 0 atom stereocenters. The standard InChI is InChI=1S/C18H16FN5O/c1-12-22-16-4-2-3-5-17(16)24(12)9-8-21-18(25)23-15-7-6-14(19)10-13(15)11-20/h2-7,10H,8-9H2,1H3,(H2,21,23,25). The molecular formula is C18H16FN5O. The molecule has 0 radical (unpaired) electrons. The van der Waals surface area contributed by atoms with Gasteiger partial charge in [-0.3, -0.25) is 0 Å². The number of carbonyl (C=O) groups is 1. The molecule has 0 aliphatic carbocycles. The second-order valence-electron chi connectivity index (χ2n) is 5.48. The van der Waals surface area contributed by atoms with Gasteiger partial charge in [-0.05, 0) is 37.3 Å². The van der Waals surface area contributed by atoms with Crippen molar-refractivity contribution in [2.75, 3.05) is 11.9 Å². The zero-order valence-corrected chi connectivity index (χ0v) is 13.6. The van der Waals surface area contributed by atoms with E-state index in [-0.39, 0.29) is 11.3 Å². The molecule has 1 aromatic heterocycles. The number of hydrogen-bond donors (Lipinski definition) is 2. The Morgan fingerprint density at radius 2 is 2.12 bits per heavy atom. The smallest absolute Gasteiger partial charge is 0.319 e. The van der Waals surface area contributed by atoms with Gasteiger partial charge in [0.1, 0.15) is 17.7 Å². The Morgan fingerprint density at radius 3 is 2.92 bits per heavy atom. The van der Waals surface area contributed by atoms with Gasteiger partial charge in [0, 0.05) is 13.1 Å². The Morgan fingerprint density at radius 1 is 1.32 bits per heavy atom. The van der Waals surface area contributed by atoms with Crippen molar-refractivity contribution >= 4 is 22.8 Å². The Balaban J connectivity index is 1.61. The topological polar surface area (TPSA) is 82.7 Å². The number of nitriles is 1. The van der Waals surface area contributed by atoms with Crippen LogP contribution in [0.25, 0.3) is 11.0 Å². The summed E-state index contributed by atoms with van der Waals surface area (Å²) in [6.45, 7) is 2.86. The zero-order chi connectivity index (χ0) is 17.8. The Kier molecular flexibility index (Phi) is 4.61. The number of amides is 2. The summed E-state index contributed by atoms with van der Waals surface area (Å²) in [4.78, 5) is 16.5. The van der Waals surface area contributed by atoms with Gasteiger partial charge in [0.2, 0.25) is 0 Å². The SMILES string of the molecule is Cc1nc2ccccc2n1CCNC(=O)Nc1ccc(F)cc1C#N. The molecule has 0 bridgehead atoms. The first-order chi connectivity index (χ1) is 12.1. The lowest BCUT2D eigenvalue weighted by Crippen LogP contribution is -2.31. The summed E-state index contributed by atoms with van der Waals surface area (Å²) in [6, 6.07) is 12.8. The first-order valence-corrected chi connectivity index (χ1v) is 7.75. The number of rotatable bonds is 4. The minimum atomic E-state index is -0.523. The van der Waals surface area contributed by atoms with Crippen LogP contribution in [-0.4, -0.2) is 22.1 Å². The van der Waals surface area contributed by atoms with Crippen molar-refractivity contribution < 1.29 is 9.18 Å². The van der Waals surface area contributed by atoms with Crippen LogP contribution in [0.5, 0.6) is 0 Å². The van der Waals surface area contributed by atoms with Crippen LogP contribution >= 0.6 is 0 Å². The summed E-state index contributed by atoms with van der Waals surface area (Å²) in [5.41, 5.74) is 2.26. The number of urea groups is 1. The molecule has 2 amide bonds. The van der Waals surface area contributed by atoms with Crippen molar-refractivity contribution in [2.24, 2.45) is 0 Å². The number of imidazole rings is 1. The predicted octanol–water partition coefficient (Wildman–Crippen LogP) is 3.18. The molecule has 0 aliphatic rings. The quantitative estimate of drug-likeness (QED) is 0.767. The fourth-order valence-electron chi connectivity index (χ4n) is 2.64. The van der Waals surface area contributed by atoms with E-state index >= 15 is 0 Å². The first kappa shape index (κ1) is 16.5. The summed E-state index contributed by atoms with van der Waals surface area (Å²) >= 11 is 0. The van der Waals surface area contributed by atoms with Crippen molar-refractivity contribution in [1.82, 2.24) is 14.9 Å². The number of aryl methyl sites for hydroxylation is 1. The summed E-state index contributed by atoms with van der Waals surface area (Å²) in [6.07, 6.45) is 0. The van der Waals surface area contributed by atoms with Crippen molar-refractivity contribution in [1.29, 1.82) is 5.26 Å². The lowest BCUT2D eigenvalue weighted by molar-refractivity contribution is 0.251. The van der Waals surface area contributed by atoms with Crippen LogP contribution < -0.4 is 10.6 Å².